The van der Waals surface area contributed by atoms with E-state index in [9.17, 15) is 19.2 Å². The molecule has 0 spiro atoms. The molecule has 1 fully saturated rings. The zero-order valence-electron chi connectivity index (χ0n) is 25.9. The van der Waals surface area contributed by atoms with Gasteiger partial charge in [-0.05, 0) is 17.5 Å². The molecule has 1 saturated heterocycles. The van der Waals surface area contributed by atoms with Crippen LogP contribution in [0.15, 0.2) is 0 Å². The fourth-order valence-electron chi connectivity index (χ4n) is 6.84. The molecule has 206 valence electrons. The van der Waals surface area contributed by atoms with Gasteiger partial charge in [0.1, 0.15) is 76.7 Å². The summed E-state index contributed by atoms with van der Waals surface area (Å²) in [6.07, 6.45) is 0.341. The van der Waals surface area contributed by atoms with Gasteiger partial charge < -0.3 is 9.71 Å². The van der Waals surface area contributed by atoms with Crippen molar-refractivity contribution >= 4 is 152 Å². The van der Waals surface area contributed by atoms with Crippen molar-refractivity contribution in [1.82, 2.24) is 15.0 Å². The van der Waals surface area contributed by atoms with Crippen LogP contribution in [0.3, 0.4) is 0 Å². The van der Waals surface area contributed by atoms with Gasteiger partial charge in [-0.1, -0.05) is 49.8 Å². The van der Waals surface area contributed by atoms with Gasteiger partial charge in [-0.3, -0.25) is 24.5 Å². The fourth-order valence-corrected chi connectivity index (χ4v) is 7.12. The number of alkyl halides is 2. The maximum Gasteiger partial charge on any atom is 0.347 e. The van der Waals surface area contributed by atoms with Crippen molar-refractivity contribution in [2.45, 2.75) is 36.7 Å². The Morgan fingerprint density at radius 3 is 2.02 bits per heavy atom. The highest BCUT2D eigenvalue weighted by Crippen LogP contribution is 2.36. The van der Waals surface area contributed by atoms with Gasteiger partial charge in [0, 0.05) is 34.5 Å². The SMILES string of the molecule is Bc1c(B)c(C(F)(F)C(=O)N(B)Cc2c(B)c(B)c3c(c2B)C(B)(B)N(C2CCC(=O)NC2=O)C3=O)c(B)c(B)c1Cl. The number of nitrogens with one attached hydrogen (secondary N) is 1. The van der Waals surface area contributed by atoms with Gasteiger partial charge >= 0.3 is 5.92 Å². The molecule has 0 saturated carbocycles. The van der Waals surface area contributed by atoms with Crippen LogP contribution >= 0.6 is 11.6 Å². The topological polar surface area (TPSA) is 86.8 Å². The number of amides is 4. The summed E-state index contributed by atoms with van der Waals surface area (Å²) in [6, 6.07) is -0.819. The number of halogens is 3. The second-order valence-electron chi connectivity index (χ2n) is 12.2. The maximum atomic E-state index is 16.0. The van der Waals surface area contributed by atoms with Crippen LogP contribution in [-0.4, -0.2) is 118 Å². The second-order valence-corrected chi connectivity index (χ2v) is 12.6. The molecule has 0 radical (unpaired) electrons. The fraction of sp³-hybridized carbons (Fsp3) is 0.273. The standard InChI is InChI=1S/C22H28B10ClF2N3O4/c23-10-4(3-37(32)20(42)21(34,35)9-13(26)15(28)17(33)16(29)14(9)27)11(24)12(25)7-8(10)22(30,31)38(19(7)41)5-1-2-6(39)36-18(5)40/h5H,1-3,23-32H2,(H,36,39,40). The van der Waals surface area contributed by atoms with Crippen LogP contribution in [-0.2, 0) is 32.2 Å². The molecule has 2 heterocycles. The minimum atomic E-state index is -3.80. The zero-order chi connectivity index (χ0) is 31.8. The van der Waals surface area contributed by atoms with E-state index in [2.05, 4.69) is 5.32 Å². The van der Waals surface area contributed by atoms with Gasteiger partial charge in [-0.15, -0.1) is 0 Å². The van der Waals surface area contributed by atoms with Crippen LogP contribution in [0.4, 0.5) is 8.78 Å². The molecule has 4 amide bonds. The highest BCUT2D eigenvalue weighted by molar-refractivity contribution is 6.64. The van der Waals surface area contributed by atoms with E-state index in [0.29, 0.717) is 49.0 Å². The number of carbonyl (C=O) groups is 4. The van der Waals surface area contributed by atoms with Crippen LogP contribution < -0.4 is 43.6 Å². The molecule has 2 aliphatic rings. The summed E-state index contributed by atoms with van der Waals surface area (Å²) in [7, 11) is 16.9. The molecule has 1 unspecified atom stereocenters. The lowest BCUT2D eigenvalue weighted by Crippen LogP contribution is -2.59. The average Bonchev–Trinajstić information content (AvgIpc) is 3.11. The molecular formula is C22H28B10ClF2N3O4. The predicted octanol–water partition coefficient (Wildman–Crippen LogP) is -12.5. The molecule has 4 rings (SSSR count). The summed E-state index contributed by atoms with van der Waals surface area (Å²) in [6.45, 7) is -0.105. The van der Waals surface area contributed by atoms with E-state index in [1.54, 1.807) is 39.2 Å². The number of hydrogen-bond donors (Lipinski definition) is 1. The van der Waals surface area contributed by atoms with Crippen LogP contribution in [0, 0.1) is 0 Å². The lowest BCUT2D eigenvalue weighted by Gasteiger charge is -2.40. The Hall–Kier alpha value is -2.68. The maximum absolute atomic E-state index is 16.0. The molecule has 0 bridgehead atoms. The monoisotopic (exact) mass is 581 g/mol. The predicted molar refractivity (Wildman–Crippen MR) is 189 cm³/mol. The third-order valence-corrected chi connectivity index (χ3v) is 10.1. The summed E-state index contributed by atoms with van der Waals surface area (Å²) in [5.41, 5.74) is 5.18. The number of hydrogen-bond acceptors (Lipinski definition) is 4. The first-order chi connectivity index (χ1) is 19.3. The first-order valence-electron chi connectivity index (χ1n) is 14.0. The summed E-state index contributed by atoms with van der Waals surface area (Å²) in [4.78, 5) is 54.4. The van der Waals surface area contributed by atoms with E-state index in [4.69, 9.17) is 11.6 Å². The first kappa shape index (κ1) is 32.2. The van der Waals surface area contributed by atoms with E-state index < -0.39 is 29.1 Å². The Morgan fingerprint density at radius 2 is 1.50 bits per heavy atom. The number of nitrogens with zero attached hydrogens (tertiary/aromatic N) is 2. The van der Waals surface area contributed by atoms with Gasteiger partial charge in [0.05, 0.1) is 0 Å². The van der Waals surface area contributed by atoms with Gasteiger partial charge in [-0.25, -0.2) is 0 Å². The number of piperidine rings is 1. The Kier molecular flexibility index (Phi) is 8.28. The lowest BCUT2D eigenvalue weighted by molar-refractivity contribution is -0.153. The van der Waals surface area contributed by atoms with Crippen molar-refractivity contribution in [3.63, 3.8) is 0 Å². The molecule has 2 aliphatic heterocycles. The van der Waals surface area contributed by atoms with E-state index in [0.717, 1.165) is 4.81 Å². The van der Waals surface area contributed by atoms with Crippen LogP contribution in [0.2, 0.25) is 5.02 Å². The Morgan fingerprint density at radius 1 is 0.952 bits per heavy atom. The first-order valence-corrected chi connectivity index (χ1v) is 14.4. The quantitative estimate of drug-likeness (QED) is 0.282. The van der Waals surface area contributed by atoms with Crippen molar-refractivity contribution in [3.8, 4) is 0 Å². The highest BCUT2D eigenvalue weighted by Gasteiger charge is 2.51. The third kappa shape index (κ3) is 4.70. The van der Waals surface area contributed by atoms with Gasteiger partial charge in [0.2, 0.25) is 19.8 Å². The summed E-state index contributed by atoms with van der Waals surface area (Å²) in [5, 5.41) is 1.82. The van der Waals surface area contributed by atoms with E-state index >= 15 is 8.78 Å². The molecule has 20 heteroatoms. The molecule has 42 heavy (non-hydrogen) atoms. The number of benzene rings is 2. The van der Waals surface area contributed by atoms with Crippen molar-refractivity contribution in [2.24, 2.45) is 0 Å². The van der Waals surface area contributed by atoms with Gasteiger partial charge in [0.25, 0.3) is 11.8 Å². The summed E-state index contributed by atoms with van der Waals surface area (Å²) in [5.74, 6) is -6.34. The van der Waals surface area contributed by atoms with Crippen molar-refractivity contribution in [2.75, 3.05) is 0 Å². The molecular weight excluding hydrogens is 552 g/mol. The van der Waals surface area contributed by atoms with Crippen molar-refractivity contribution in [1.29, 1.82) is 0 Å². The number of imide groups is 1. The lowest BCUT2D eigenvalue weighted by atomic mass is 9.53. The minimum absolute atomic E-state index is 0.105. The molecule has 0 aliphatic carbocycles. The largest absolute Gasteiger partial charge is 0.384 e. The molecule has 0 aromatic heterocycles. The average molecular weight is 580 g/mol. The van der Waals surface area contributed by atoms with E-state index in [1.807, 2.05) is 31.4 Å². The second kappa shape index (κ2) is 10.8. The molecule has 7 nitrogen and oxygen atoms in total. The normalized spacial score (nSPS) is 18.1. The number of rotatable bonds is 5. The minimum Gasteiger partial charge on any atom is -0.384 e. The number of fused-ring (bicyclic) bond motifs is 1. The molecule has 1 atom stereocenters. The Bertz CT molecular complexity index is 1580. The van der Waals surface area contributed by atoms with Crippen molar-refractivity contribution in [3.05, 3.63) is 27.3 Å². The third-order valence-electron chi connectivity index (χ3n) is 9.49. The summed E-state index contributed by atoms with van der Waals surface area (Å²) >= 11 is 6.36. The van der Waals surface area contributed by atoms with Gasteiger partial charge in [0.15, 0.2) is 0 Å². The number of carbonyl (C=O) groups excluding carboxylic acids is 4. The highest BCUT2D eigenvalue weighted by atomic mass is 35.5. The van der Waals surface area contributed by atoms with Crippen LogP contribution in [0.1, 0.15) is 39.9 Å². The Labute approximate surface area is 258 Å². The van der Waals surface area contributed by atoms with Crippen molar-refractivity contribution < 1.29 is 28.0 Å². The van der Waals surface area contributed by atoms with Crippen LogP contribution in [0.5, 0.6) is 0 Å². The molecule has 2 aromatic rings. The zero-order valence-corrected chi connectivity index (χ0v) is 26.6. The smallest absolute Gasteiger partial charge is 0.347 e. The van der Waals surface area contributed by atoms with Gasteiger partial charge in [-0.2, -0.15) is 8.78 Å². The molecule has 2 aromatic carbocycles. The van der Waals surface area contributed by atoms with E-state index in [1.165, 1.54) is 12.9 Å². The summed E-state index contributed by atoms with van der Waals surface area (Å²) < 4.78 is 31.9. The van der Waals surface area contributed by atoms with E-state index in [-0.39, 0.29) is 47.7 Å². The Balaban J connectivity index is 1.75. The molecule has 1 N–H and O–H groups in total. The van der Waals surface area contributed by atoms with Crippen LogP contribution in [0.25, 0.3) is 0 Å².